The topological polar surface area (TPSA) is 252 Å². The Morgan fingerprint density at radius 2 is 1.27 bits per heavy atom. The third-order valence-electron chi connectivity index (χ3n) is 5.05. The molecule has 0 saturated heterocycles. The van der Waals surface area contributed by atoms with Gasteiger partial charge in [0.2, 0.25) is 17.7 Å². The quantitative estimate of drug-likeness (QED) is 0.0466. The summed E-state index contributed by atoms with van der Waals surface area (Å²) in [5, 5.41) is 25.7. The number of thioether (sulfide) groups is 2. The van der Waals surface area contributed by atoms with Gasteiger partial charge in [-0.1, -0.05) is 0 Å². The van der Waals surface area contributed by atoms with Crippen LogP contribution in [0.2, 0.25) is 0 Å². The van der Waals surface area contributed by atoms with Crippen LogP contribution in [0, 0.1) is 0 Å². The van der Waals surface area contributed by atoms with Gasteiger partial charge in [0.15, 0.2) is 5.96 Å². The second kappa shape index (κ2) is 19.4. The van der Waals surface area contributed by atoms with Crippen molar-refractivity contribution in [2.45, 2.75) is 62.7 Å². The summed E-state index contributed by atoms with van der Waals surface area (Å²) in [5.74, 6) is -3.55. The van der Waals surface area contributed by atoms with Gasteiger partial charge in [-0.25, -0.2) is 4.79 Å². The van der Waals surface area contributed by atoms with Gasteiger partial charge in [0, 0.05) is 13.0 Å². The molecule has 212 valence electrons. The van der Waals surface area contributed by atoms with Crippen molar-refractivity contribution in [2.75, 3.05) is 30.6 Å². The van der Waals surface area contributed by atoms with Gasteiger partial charge in [-0.05, 0) is 56.1 Å². The van der Waals surface area contributed by atoms with Crippen LogP contribution in [0.4, 0.5) is 0 Å². The average Bonchev–Trinajstić information content (AvgIpc) is 2.83. The van der Waals surface area contributed by atoms with Gasteiger partial charge in [0.05, 0.1) is 6.04 Å². The second-order valence-electron chi connectivity index (χ2n) is 8.07. The summed E-state index contributed by atoms with van der Waals surface area (Å²) in [6.45, 7) is 0.301. The Morgan fingerprint density at radius 1 is 0.784 bits per heavy atom. The lowest BCUT2D eigenvalue weighted by atomic mass is 10.1. The number of guanidine groups is 1. The summed E-state index contributed by atoms with van der Waals surface area (Å²) >= 11 is 2.89. The summed E-state index contributed by atoms with van der Waals surface area (Å²) in [6, 6.07) is -4.40. The van der Waals surface area contributed by atoms with Crippen LogP contribution in [0.15, 0.2) is 4.99 Å². The van der Waals surface area contributed by atoms with E-state index in [1.807, 2.05) is 6.26 Å². The molecule has 14 nitrogen and oxygen atoms in total. The van der Waals surface area contributed by atoms with Crippen LogP contribution in [0.25, 0.3) is 0 Å². The van der Waals surface area contributed by atoms with Crippen molar-refractivity contribution in [1.82, 2.24) is 16.0 Å². The molecule has 0 aliphatic rings. The molecule has 4 atom stereocenters. The largest absolute Gasteiger partial charge is 0.481 e. The monoisotopic (exact) mass is 565 g/mol. The van der Waals surface area contributed by atoms with Crippen LogP contribution in [0.5, 0.6) is 0 Å². The summed E-state index contributed by atoms with van der Waals surface area (Å²) in [7, 11) is 0. The van der Waals surface area contributed by atoms with Crippen LogP contribution in [0.3, 0.4) is 0 Å². The van der Waals surface area contributed by atoms with E-state index in [0.717, 1.165) is 0 Å². The molecule has 37 heavy (non-hydrogen) atoms. The van der Waals surface area contributed by atoms with Crippen LogP contribution >= 0.6 is 23.5 Å². The first-order valence-corrected chi connectivity index (χ1v) is 14.4. The first-order valence-electron chi connectivity index (χ1n) is 11.6. The number of carbonyl (C=O) groups excluding carboxylic acids is 3. The normalized spacial score (nSPS) is 13.9. The predicted octanol–water partition coefficient (Wildman–Crippen LogP) is -1.72. The lowest BCUT2D eigenvalue weighted by Crippen LogP contribution is -2.57. The molecule has 0 fully saturated rings. The van der Waals surface area contributed by atoms with E-state index in [2.05, 4.69) is 20.9 Å². The Hall–Kier alpha value is -2.72. The molecular weight excluding hydrogens is 526 g/mol. The number of amides is 3. The summed E-state index contributed by atoms with van der Waals surface area (Å²) in [6.07, 6.45) is 4.08. The Bertz CT molecular complexity index is 797. The van der Waals surface area contributed by atoms with Gasteiger partial charge in [0.25, 0.3) is 0 Å². The standard InChI is InChI=1S/C21H39N7O7S2/c1-36-10-7-13(26-17(31)12(22)4-3-9-25-21(23)24)18(32)27-14(8-11-37-2)19(33)28-15(20(34)35)5-6-16(29)30/h12-15H,3-11,22H2,1-2H3,(H,26,31)(H,27,32)(H,28,33)(H,29,30)(H,34,35)(H4,23,24,25). The Labute approximate surface area is 224 Å². The number of aliphatic imine (C=N–C) groups is 1. The number of carbonyl (C=O) groups is 5. The highest BCUT2D eigenvalue weighted by molar-refractivity contribution is 7.98. The van der Waals surface area contributed by atoms with Gasteiger partial charge < -0.3 is 43.4 Å². The smallest absolute Gasteiger partial charge is 0.326 e. The van der Waals surface area contributed by atoms with E-state index >= 15 is 0 Å². The Balaban J connectivity index is 5.35. The summed E-state index contributed by atoms with van der Waals surface area (Å²) < 4.78 is 0. The number of hydrogen-bond acceptors (Lipinski definition) is 9. The molecule has 0 aromatic heterocycles. The van der Waals surface area contributed by atoms with E-state index < -0.39 is 60.2 Å². The number of carboxylic acid groups (broad SMARTS) is 2. The van der Waals surface area contributed by atoms with Crippen molar-refractivity contribution in [3.8, 4) is 0 Å². The van der Waals surface area contributed by atoms with Crippen molar-refractivity contribution in [3.63, 3.8) is 0 Å². The maximum Gasteiger partial charge on any atom is 0.326 e. The van der Waals surface area contributed by atoms with Crippen LogP contribution in [-0.4, -0.2) is 101 Å². The minimum Gasteiger partial charge on any atom is -0.481 e. The molecule has 0 bridgehead atoms. The summed E-state index contributed by atoms with van der Waals surface area (Å²) in [4.78, 5) is 64.6. The third kappa shape index (κ3) is 15.9. The van der Waals surface area contributed by atoms with Crippen molar-refractivity contribution >= 4 is 59.1 Å². The molecule has 0 aliphatic carbocycles. The highest BCUT2D eigenvalue weighted by Crippen LogP contribution is 2.07. The van der Waals surface area contributed by atoms with Crippen LogP contribution in [-0.2, 0) is 24.0 Å². The number of nitrogens with one attached hydrogen (secondary N) is 3. The fourth-order valence-electron chi connectivity index (χ4n) is 3.01. The van der Waals surface area contributed by atoms with E-state index in [1.54, 1.807) is 6.26 Å². The molecule has 0 spiro atoms. The average molecular weight is 566 g/mol. The number of nitrogens with two attached hydrogens (primary N) is 3. The van der Waals surface area contributed by atoms with E-state index in [1.165, 1.54) is 23.5 Å². The van der Waals surface area contributed by atoms with Crippen molar-refractivity contribution in [3.05, 3.63) is 0 Å². The fraction of sp³-hybridized carbons (Fsp3) is 0.714. The van der Waals surface area contributed by atoms with E-state index in [-0.39, 0.29) is 31.6 Å². The first kappa shape index (κ1) is 34.3. The van der Waals surface area contributed by atoms with Crippen LogP contribution < -0.4 is 33.2 Å². The molecule has 3 amide bonds. The van der Waals surface area contributed by atoms with Gasteiger partial charge in [-0.15, -0.1) is 0 Å². The molecule has 0 radical (unpaired) electrons. The zero-order valence-electron chi connectivity index (χ0n) is 21.1. The highest BCUT2D eigenvalue weighted by atomic mass is 32.2. The zero-order valence-corrected chi connectivity index (χ0v) is 22.7. The lowest BCUT2D eigenvalue weighted by Gasteiger charge is -2.25. The molecule has 0 rings (SSSR count). The molecule has 11 N–H and O–H groups in total. The van der Waals surface area contributed by atoms with Gasteiger partial charge in [0.1, 0.15) is 18.1 Å². The molecular formula is C21H39N7O7S2. The minimum absolute atomic E-state index is 0.0663. The molecule has 16 heteroatoms. The van der Waals surface area contributed by atoms with Gasteiger partial charge >= 0.3 is 11.9 Å². The van der Waals surface area contributed by atoms with E-state index in [9.17, 15) is 29.1 Å². The SMILES string of the molecule is CSCCC(NC(=O)C(N)CCCN=C(N)N)C(=O)NC(CCSC)C(=O)NC(CCC(=O)O)C(=O)O. The molecule has 0 saturated carbocycles. The lowest BCUT2D eigenvalue weighted by molar-refractivity contribution is -0.143. The highest BCUT2D eigenvalue weighted by Gasteiger charge is 2.30. The number of hydrogen-bond donors (Lipinski definition) is 8. The third-order valence-corrected chi connectivity index (χ3v) is 6.34. The second-order valence-corrected chi connectivity index (χ2v) is 10.0. The van der Waals surface area contributed by atoms with E-state index in [4.69, 9.17) is 22.3 Å². The molecule has 0 heterocycles. The van der Waals surface area contributed by atoms with Crippen molar-refractivity contribution < 1.29 is 34.2 Å². The molecule has 0 aromatic rings. The number of carboxylic acids is 2. The Kier molecular flexibility index (Phi) is 18.0. The van der Waals surface area contributed by atoms with Gasteiger partial charge in [-0.3, -0.25) is 24.2 Å². The maximum absolute atomic E-state index is 13.1. The van der Waals surface area contributed by atoms with E-state index in [0.29, 0.717) is 24.5 Å². The Morgan fingerprint density at radius 3 is 1.70 bits per heavy atom. The number of rotatable bonds is 20. The molecule has 4 unspecified atom stereocenters. The van der Waals surface area contributed by atoms with Crippen molar-refractivity contribution in [2.24, 2.45) is 22.2 Å². The number of aliphatic carboxylic acids is 2. The van der Waals surface area contributed by atoms with Crippen molar-refractivity contribution in [1.29, 1.82) is 0 Å². The molecule has 0 aliphatic heterocycles. The first-order chi connectivity index (χ1) is 17.4. The predicted molar refractivity (Wildman–Crippen MR) is 144 cm³/mol. The summed E-state index contributed by atoms with van der Waals surface area (Å²) in [5.41, 5.74) is 16.5. The fourth-order valence-corrected chi connectivity index (χ4v) is 3.95. The minimum atomic E-state index is -1.43. The van der Waals surface area contributed by atoms with Gasteiger partial charge in [-0.2, -0.15) is 23.5 Å². The maximum atomic E-state index is 13.1. The zero-order chi connectivity index (χ0) is 28.4. The van der Waals surface area contributed by atoms with Crippen LogP contribution in [0.1, 0.15) is 38.5 Å². The number of nitrogens with zero attached hydrogens (tertiary/aromatic N) is 1. The molecule has 0 aromatic carbocycles.